The number of ether oxygens (including phenoxy) is 1. The first-order valence-electron chi connectivity index (χ1n) is 10.0. The average Bonchev–Trinajstić information content (AvgIpc) is 3.24. The van der Waals surface area contributed by atoms with Crippen LogP contribution in [-0.4, -0.2) is 39.0 Å². The minimum absolute atomic E-state index is 0.0383. The van der Waals surface area contributed by atoms with Crippen LogP contribution in [0.4, 0.5) is 5.69 Å². The molecule has 1 aliphatic carbocycles. The number of anilines is 1. The van der Waals surface area contributed by atoms with E-state index in [0.717, 1.165) is 23.2 Å². The van der Waals surface area contributed by atoms with E-state index in [9.17, 15) is 8.42 Å². The molecule has 2 heterocycles. The normalized spacial score (nSPS) is 26.1. The molecule has 0 amide bonds. The summed E-state index contributed by atoms with van der Waals surface area (Å²) in [6.07, 6.45) is 5.37. The van der Waals surface area contributed by atoms with Crippen LogP contribution in [0.15, 0.2) is 53.4 Å². The monoisotopic (exact) mass is 464 g/mol. The van der Waals surface area contributed by atoms with Gasteiger partial charge in [0.1, 0.15) is 0 Å². The van der Waals surface area contributed by atoms with Gasteiger partial charge in [0.2, 0.25) is 10.0 Å². The number of nitrogens with one attached hydrogen (secondary N) is 1. The molecule has 1 N–H and O–H groups in total. The minimum atomic E-state index is -3.50. The third-order valence-electron chi connectivity index (χ3n) is 6.23. The van der Waals surface area contributed by atoms with Crippen LogP contribution in [0.2, 0.25) is 10.0 Å². The van der Waals surface area contributed by atoms with Gasteiger partial charge >= 0.3 is 0 Å². The van der Waals surface area contributed by atoms with Crippen LogP contribution in [0.3, 0.4) is 0 Å². The van der Waals surface area contributed by atoms with Gasteiger partial charge in [-0.3, -0.25) is 0 Å². The number of sulfonamides is 1. The Morgan fingerprint density at radius 2 is 1.80 bits per heavy atom. The van der Waals surface area contributed by atoms with Crippen molar-refractivity contribution in [2.24, 2.45) is 5.92 Å². The molecule has 158 valence electrons. The van der Waals surface area contributed by atoms with Gasteiger partial charge in [-0.2, -0.15) is 4.31 Å². The van der Waals surface area contributed by atoms with Gasteiger partial charge in [-0.25, -0.2) is 8.42 Å². The first kappa shape index (κ1) is 20.3. The summed E-state index contributed by atoms with van der Waals surface area (Å²) in [5, 5.41) is 4.83. The lowest BCUT2D eigenvalue weighted by Crippen LogP contribution is -2.40. The standard InChI is InChI=1S/C22H22Cl2N2O3S/c23-15-12-19-17-2-1-3-18(17)21(25-22(19)20(24)13-15)14-4-6-16(7-5-14)30(27,28)26-8-10-29-11-9-26/h1-2,4-7,12-13,17-18,21,25H,3,8-11H2. The van der Waals surface area contributed by atoms with E-state index in [-0.39, 0.29) is 12.0 Å². The Balaban J connectivity index is 1.46. The molecule has 30 heavy (non-hydrogen) atoms. The summed E-state index contributed by atoms with van der Waals surface area (Å²) < 4.78 is 32.6. The van der Waals surface area contributed by atoms with Crippen LogP contribution >= 0.6 is 23.2 Å². The molecular formula is C22H22Cl2N2O3S. The molecule has 0 saturated carbocycles. The number of fused-ring (bicyclic) bond motifs is 3. The van der Waals surface area contributed by atoms with Crippen LogP contribution in [0.5, 0.6) is 0 Å². The van der Waals surface area contributed by atoms with E-state index < -0.39 is 10.0 Å². The highest BCUT2D eigenvalue weighted by atomic mass is 35.5. The number of hydrogen-bond acceptors (Lipinski definition) is 4. The fourth-order valence-electron chi connectivity index (χ4n) is 4.73. The van der Waals surface area contributed by atoms with Gasteiger partial charge in [0.15, 0.2) is 0 Å². The largest absolute Gasteiger partial charge is 0.379 e. The Kier molecular flexibility index (Phi) is 5.32. The highest BCUT2D eigenvalue weighted by Gasteiger charge is 2.39. The lowest BCUT2D eigenvalue weighted by atomic mass is 9.77. The summed E-state index contributed by atoms with van der Waals surface area (Å²) in [7, 11) is -3.50. The maximum Gasteiger partial charge on any atom is 0.243 e. The second-order valence-corrected chi connectivity index (χ2v) is 10.7. The van der Waals surface area contributed by atoms with Gasteiger partial charge in [0.25, 0.3) is 0 Å². The lowest BCUT2D eigenvalue weighted by molar-refractivity contribution is 0.0730. The molecule has 1 saturated heterocycles. The molecule has 2 aromatic carbocycles. The Bertz CT molecular complexity index is 1100. The quantitative estimate of drug-likeness (QED) is 0.660. The third kappa shape index (κ3) is 3.45. The summed E-state index contributed by atoms with van der Waals surface area (Å²) in [6.45, 7) is 1.65. The number of morpholine rings is 1. The zero-order valence-electron chi connectivity index (χ0n) is 16.2. The summed E-state index contributed by atoms with van der Waals surface area (Å²) >= 11 is 12.7. The Hall–Kier alpha value is -1.57. The average molecular weight is 465 g/mol. The van der Waals surface area contributed by atoms with Crippen molar-refractivity contribution in [2.45, 2.75) is 23.3 Å². The number of allylic oxidation sites excluding steroid dienone is 2. The van der Waals surface area contributed by atoms with Crippen molar-refractivity contribution in [3.05, 3.63) is 69.7 Å². The lowest BCUT2D eigenvalue weighted by Gasteiger charge is -2.38. The van der Waals surface area contributed by atoms with Crippen LogP contribution in [0.1, 0.15) is 29.5 Å². The summed E-state index contributed by atoms with van der Waals surface area (Å²) in [5.74, 6) is 0.563. The molecule has 8 heteroatoms. The van der Waals surface area contributed by atoms with Gasteiger partial charge in [-0.15, -0.1) is 0 Å². The number of hydrogen-bond donors (Lipinski definition) is 1. The smallest absolute Gasteiger partial charge is 0.243 e. The van der Waals surface area contributed by atoms with E-state index in [0.29, 0.717) is 47.2 Å². The highest BCUT2D eigenvalue weighted by Crippen LogP contribution is 2.52. The Morgan fingerprint density at radius 3 is 2.53 bits per heavy atom. The fourth-order valence-corrected chi connectivity index (χ4v) is 6.71. The number of halogens is 2. The SMILES string of the molecule is O=S(=O)(c1ccc(C2Nc3c(Cl)cc(Cl)cc3C3C=CCC32)cc1)N1CCOCC1. The first-order valence-corrected chi connectivity index (χ1v) is 12.2. The molecule has 5 rings (SSSR count). The topological polar surface area (TPSA) is 58.6 Å². The number of rotatable bonds is 3. The van der Waals surface area contributed by atoms with E-state index in [1.54, 1.807) is 18.2 Å². The van der Waals surface area contributed by atoms with Crippen LogP contribution < -0.4 is 5.32 Å². The van der Waals surface area contributed by atoms with E-state index in [4.69, 9.17) is 27.9 Å². The molecular weight excluding hydrogens is 443 g/mol. The molecule has 2 aromatic rings. The third-order valence-corrected chi connectivity index (χ3v) is 8.66. The van der Waals surface area contributed by atoms with E-state index in [2.05, 4.69) is 17.5 Å². The molecule has 3 atom stereocenters. The molecule has 1 fully saturated rings. The van der Waals surface area contributed by atoms with Crippen molar-refractivity contribution < 1.29 is 13.2 Å². The number of benzene rings is 2. The van der Waals surface area contributed by atoms with E-state index in [1.807, 2.05) is 18.2 Å². The van der Waals surface area contributed by atoms with Gasteiger partial charge in [-0.1, -0.05) is 47.5 Å². The minimum Gasteiger partial charge on any atom is -0.379 e. The molecule has 2 aliphatic heterocycles. The van der Waals surface area contributed by atoms with E-state index >= 15 is 0 Å². The maximum absolute atomic E-state index is 12.9. The predicted octanol–water partition coefficient (Wildman–Crippen LogP) is 4.84. The predicted molar refractivity (Wildman–Crippen MR) is 119 cm³/mol. The van der Waals surface area contributed by atoms with Crippen LogP contribution in [0.25, 0.3) is 0 Å². The van der Waals surface area contributed by atoms with Gasteiger partial charge in [0.05, 0.1) is 34.9 Å². The molecule has 0 radical (unpaired) electrons. The van der Waals surface area contributed by atoms with Gasteiger partial charge in [-0.05, 0) is 47.7 Å². The number of nitrogens with zero attached hydrogens (tertiary/aromatic N) is 1. The fraction of sp³-hybridized carbons (Fsp3) is 0.364. The highest BCUT2D eigenvalue weighted by molar-refractivity contribution is 7.89. The van der Waals surface area contributed by atoms with Crippen LogP contribution in [-0.2, 0) is 14.8 Å². The van der Waals surface area contributed by atoms with Gasteiger partial charge in [0, 0.05) is 24.0 Å². The Labute approximate surface area is 186 Å². The molecule has 3 aliphatic rings. The van der Waals surface area contributed by atoms with Crippen molar-refractivity contribution in [3.63, 3.8) is 0 Å². The molecule has 0 bridgehead atoms. The molecule has 3 unspecified atom stereocenters. The zero-order chi connectivity index (χ0) is 20.9. The second kappa shape index (κ2) is 7.84. The Morgan fingerprint density at radius 1 is 1.07 bits per heavy atom. The first-order chi connectivity index (χ1) is 14.4. The zero-order valence-corrected chi connectivity index (χ0v) is 18.6. The second-order valence-electron chi connectivity index (χ2n) is 7.91. The molecule has 0 spiro atoms. The summed E-state index contributed by atoms with van der Waals surface area (Å²) in [5.41, 5.74) is 3.07. The van der Waals surface area contributed by atoms with Crippen molar-refractivity contribution >= 4 is 38.9 Å². The summed E-state index contributed by atoms with van der Waals surface area (Å²) in [6, 6.07) is 11.0. The molecule has 5 nitrogen and oxygen atoms in total. The van der Waals surface area contributed by atoms with Crippen molar-refractivity contribution in [3.8, 4) is 0 Å². The van der Waals surface area contributed by atoms with Gasteiger partial charge < -0.3 is 10.1 Å². The van der Waals surface area contributed by atoms with Crippen molar-refractivity contribution in [1.82, 2.24) is 4.31 Å². The molecule has 0 aromatic heterocycles. The van der Waals surface area contributed by atoms with Crippen molar-refractivity contribution in [2.75, 3.05) is 31.6 Å². The van der Waals surface area contributed by atoms with Crippen molar-refractivity contribution in [1.29, 1.82) is 0 Å². The maximum atomic E-state index is 12.9. The summed E-state index contributed by atoms with van der Waals surface area (Å²) in [4.78, 5) is 0.315. The van der Waals surface area contributed by atoms with E-state index in [1.165, 1.54) is 4.31 Å². The van der Waals surface area contributed by atoms with Crippen LogP contribution in [0, 0.1) is 5.92 Å².